The molecule has 0 aromatic rings. The summed E-state index contributed by atoms with van der Waals surface area (Å²) >= 11 is 0. The van der Waals surface area contributed by atoms with Crippen molar-refractivity contribution in [3.8, 4) is 0 Å². The summed E-state index contributed by atoms with van der Waals surface area (Å²) in [7, 11) is 0. The minimum atomic E-state index is -0.640. The van der Waals surface area contributed by atoms with Crippen LogP contribution in [0.4, 0.5) is 0 Å². The first-order valence-corrected chi connectivity index (χ1v) is 4.28. The number of hydroxylamine groups is 1. The van der Waals surface area contributed by atoms with Gasteiger partial charge in [0.15, 0.2) is 0 Å². The molecule has 0 aromatic carbocycles. The third-order valence-electron chi connectivity index (χ3n) is 1.76. The van der Waals surface area contributed by atoms with Gasteiger partial charge in [-0.05, 0) is 12.8 Å². The van der Waals surface area contributed by atoms with Gasteiger partial charge in [-0.2, -0.15) is 0 Å². The van der Waals surface area contributed by atoms with Crippen LogP contribution in [0.5, 0.6) is 0 Å². The van der Waals surface area contributed by atoms with E-state index in [1.165, 1.54) is 0 Å². The molecule has 0 radical (unpaired) electrons. The molecular formula is C9H12N2O3. The molecule has 1 aliphatic carbocycles. The summed E-state index contributed by atoms with van der Waals surface area (Å²) in [4.78, 5) is 21.9. The van der Waals surface area contributed by atoms with E-state index in [0.29, 0.717) is 5.57 Å². The minimum Gasteiger partial charge on any atom is -0.271 e. The van der Waals surface area contributed by atoms with E-state index in [2.05, 4.69) is 0 Å². The largest absolute Gasteiger partial charge is 0.271 e. The zero-order chi connectivity index (χ0) is 10.6. The van der Waals surface area contributed by atoms with E-state index in [0.717, 1.165) is 19.8 Å². The number of nitrogens with one attached hydrogen (secondary N) is 1. The number of carbonyl (C=O) groups is 2. The Labute approximate surface area is 81.6 Å². The number of nitrogens with zero attached hydrogens (tertiary/aromatic N) is 1. The molecule has 0 atom stereocenters. The van der Waals surface area contributed by atoms with Crippen molar-refractivity contribution in [1.29, 1.82) is 0 Å². The van der Waals surface area contributed by atoms with Gasteiger partial charge in [-0.3, -0.25) is 14.8 Å². The Morgan fingerprint density at radius 1 is 1.50 bits per heavy atom. The molecule has 2 N–H and O–H groups in total. The Morgan fingerprint density at radius 3 is 2.71 bits per heavy atom. The summed E-state index contributed by atoms with van der Waals surface area (Å²) in [5, 5.41) is 9.10. The van der Waals surface area contributed by atoms with Crippen molar-refractivity contribution in [3.63, 3.8) is 0 Å². The maximum absolute atomic E-state index is 11.3. The Balaban J connectivity index is 2.54. The smallest absolute Gasteiger partial charge is 0.271 e. The van der Waals surface area contributed by atoms with Crippen LogP contribution in [0.25, 0.3) is 0 Å². The van der Waals surface area contributed by atoms with Crippen LogP contribution < -0.4 is 5.43 Å². The fourth-order valence-electron chi connectivity index (χ4n) is 1.02. The number of hydrazine groups is 1. The molecule has 14 heavy (non-hydrogen) atoms. The third kappa shape index (κ3) is 2.70. The molecule has 0 bridgehead atoms. The van der Waals surface area contributed by atoms with Crippen molar-refractivity contribution >= 4 is 11.8 Å². The molecule has 0 aliphatic heterocycles. The Bertz CT molecular complexity index is 307. The highest BCUT2D eigenvalue weighted by molar-refractivity contribution is 5.96. The predicted molar refractivity (Wildman–Crippen MR) is 48.9 cm³/mol. The average Bonchev–Trinajstić information content (AvgIpc) is 2.19. The molecule has 0 spiro atoms. The number of amides is 2. The number of hydrogen-bond acceptors (Lipinski definition) is 3. The van der Waals surface area contributed by atoms with Gasteiger partial charge in [0.25, 0.3) is 11.8 Å². The highest BCUT2D eigenvalue weighted by atomic mass is 16.6. The molecule has 5 heteroatoms. The molecule has 0 fully saturated rings. The number of allylic oxidation sites excluding steroid dienone is 2. The van der Waals surface area contributed by atoms with Gasteiger partial charge in [-0.1, -0.05) is 18.2 Å². The first-order valence-electron chi connectivity index (χ1n) is 4.28. The SMILES string of the molecule is CC(=O)N(O)NC(=O)C1=CCCC=C1. The van der Waals surface area contributed by atoms with E-state index in [1.54, 1.807) is 12.2 Å². The predicted octanol–water partition coefficient (Wildman–Crippen LogP) is 0.532. The van der Waals surface area contributed by atoms with Crippen LogP contribution in [0.2, 0.25) is 0 Å². The number of hydrogen-bond donors (Lipinski definition) is 2. The van der Waals surface area contributed by atoms with Crippen LogP contribution in [0.15, 0.2) is 23.8 Å². The fourth-order valence-corrected chi connectivity index (χ4v) is 1.02. The summed E-state index contributed by atoms with van der Waals surface area (Å²) in [5.41, 5.74) is 2.49. The van der Waals surface area contributed by atoms with E-state index < -0.39 is 11.8 Å². The van der Waals surface area contributed by atoms with Gasteiger partial charge < -0.3 is 0 Å². The van der Waals surface area contributed by atoms with Crippen molar-refractivity contribution in [2.45, 2.75) is 19.8 Å². The van der Waals surface area contributed by atoms with Gasteiger partial charge >= 0.3 is 0 Å². The molecule has 5 nitrogen and oxygen atoms in total. The lowest BCUT2D eigenvalue weighted by atomic mass is 10.1. The molecule has 1 aliphatic rings. The molecule has 0 aromatic heterocycles. The van der Waals surface area contributed by atoms with Gasteiger partial charge in [0.05, 0.1) is 0 Å². The van der Waals surface area contributed by atoms with Crippen molar-refractivity contribution in [2.24, 2.45) is 0 Å². The van der Waals surface area contributed by atoms with Gasteiger partial charge in [-0.25, -0.2) is 5.43 Å². The van der Waals surface area contributed by atoms with Crippen LogP contribution in [-0.2, 0) is 9.59 Å². The topological polar surface area (TPSA) is 69.6 Å². The van der Waals surface area contributed by atoms with Crippen LogP contribution in [0, 0.1) is 0 Å². The van der Waals surface area contributed by atoms with E-state index in [4.69, 9.17) is 5.21 Å². The van der Waals surface area contributed by atoms with Crippen LogP contribution in [-0.4, -0.2) is 22.2 Å². The number of rotatable bonds is 1. The molecule has 0 heterocycles. The van der Waals surface area contributed by atoms with Gasteiger partial charge in [0.2, 0.25) is 0 Å². The average molecular weight is 196 g/mol. The Kier molecular flexibility index (Phi) is 3.41. The van der Waals surface area contributed by atoms with Gasteiger partial charge in [-0.15, -0.1) is 5.17 Å². The minimum absolute atomic E-state index is 0.172. The zero-order valence-electron chi connectivity index (χ0n) is 7.86. The van der Waals surface area contributed by atoms with Crippen molar-refractivity contribution in [2.75, 3.05) is 0 Å². The second-order valence-corrected chi connectivity index (χ2v) is 2.91. The summed E-state index contributed by atoms with van der Waals surface area (Å²) in [6.07, 6.45) is 6.98. The van der Waals surface area contributed by atoms with E-state index in [-0.39, 0.29) is 5.17 Å². The normalized spacial score (nSPS) is 14.6. The van der Waals surface area contributed by atoms with Crippen LogP contribution in [0.1, 0.15) is 19.8 Å². The molecule has 76 valence electrons. The van der Waals surface area contributed by atoms with Crippen molar-refractivity contribution < 1.29 is 14.8 Å². The lowest BCUT2D eigenvalue weighted by Gasteiger charge is -2.14. The molecule has 0 unspecified atom stereocenters. The highest BCUT2D eigenvalue weighted by Crippen LogP contribution is 2.09. The van der Waals surface area contributed by atoms with E-state index in [1.807, 2.05) is 11.5 Å². The second-order valence-electron chi connectivity index (χ2n) is 2.91. The zero-order valence-corrected chi connectivity index (χ0v) is 7.86. The Morgan fingerprint density at radius 2 is 2.21 bits per heavy atom. The van der Waals surface area contributed by atoms with Crippen molar-refractivity contribution in [3.05, 3.63) is 23.8 Å². The molecule has 0 saturated carbocycles. The standard InChI is InChI=1S/C9H12N2O3/c1-7(12)11(14)10-9(13)8-5-3-2-4-6-8/h3,5-6,14H,2,4H2,1H3,(H,10,13). The third-order valence-corrected chi connectivity index (χ3v) is 1.76. The summed E-state index contributed by atoms with van der Waals surface area (Å²) in [5.74, 6) is -1.13. The molecule has 1 rings (SSSR count). The maximum atomic E-state index is 11.3. The Hall–Kier alpha value is -1.62. The quantitative estimate of drug-likeness (QED) is 0.475. The van der Waals surface area contributed by atoms with Crippen LogP contribution >= 0.6 is 0 Å². The first-order chi connectivity index (χ1) is 6.61. The molecule has 0 saturated heterocycles. The first kappa shape index (κ1) is 10.5. The maximum Gasteiger partial charge on any atom is 0.271 e. The second kappa shape index (κ2) is 4.57. The lowest BCUT2D eigenvalue weighted by molar-refractivity contribution is -0.180. The van der Waals surface area contributed by atoms with Gasteiger partial charge in [0, 0.05) is 12.5 Å². The summed E-state index contributed by atoms with van der Waals surface area (Å²) < 4.78 is 0. The number of carbonyl (C=O) groups excluding carboxylic acids is 2. The molecule has 2 amide bonds. The summed E-state index contributed by atoms with van der Waals surface area (Å²) in [6.45, 7) is 1.14. The monoisotopic (exact) mass is 196 g/mol. The fraction of sp³-hybridized carbons (Fsp3) is 0.333. The summed E-state index contributed by atoms with van der Waals surface area (Å²) in [6, 6.07) is 0. The van der Waals surface area contributed by atoms with Gasteiger partial charge in [0.1, 0.15) is 0 Å². The van der Waals surface area contributed by atoms with Crippen LogP contribution in [0.3, 0.4) is 0 Å². The highest BCUT2D eigenvalue weighted by Gasteiger charge is 2.12. The van der Waals surface area contributed by atoms with E-state index >= 15 is 0 Å². The lowest BCUT2D eigenvalue weighted by Crippen LogP contribution is -2.43. The molecular weight excluding hydrogens is 184 g/mol. The van der Waals surface area contributed by atoms with Crippen molar-refractivity contribution in [1.82, 2.24) is 10.6 Å². The van der Waals surface area contributed by atoms with E-state index in [9.17, 15) is 9.59 Å².